The summed E-state index contributed by atoms with van der Waals surface area (Å²) < 4.78 is 95.4. The summed E-state index contributed by atoms with van der Waals surface area (Å²) in [5.41, 5.74) is 2.18. The molecule has 0 heterocycles. The molecule has 4 N–H and O–H groups in total. The van der Waals surface area contributed by atoms with Crippen molar-refractivity contribution in [3.8, 4) is 0 Å². The van der Waals surface area contributed by atoms with Gasteiger partial charge in [-0.1, -0.05) is 249 Å². The fourth-order valence-electron chi connectivity index (χ4n) is 8.29. The van der Waals surface area contributed by atoms with E-state index in [0.717, 1.165) is 55.2 Å². The molecule has 0 bridgehead atoms. The van der Waals surface area contributed by atoms with Crippen LogP contribution in [0.25, 0.3) is 0 Å². The van der Waals surface area contributed by atoms with Crippen LogP contribution in [0.3, 0.4) is 0 Å². The molecule has 0 radical (unpaired) electrons. The number of hydrogen-bond donors (Lipinski definition) is 4. The van der Waals surface area contributed by atoms with E-state index in [1.54, 1.807) is 50.2 Å². The van der Waals surface area contributed by atoms with Gasteiger partial charge in [0.2, 0.25) is 0 Å². The average molecular weight is 1040 g/mol. The van der Waals surface area contributed by atoms with Crippen LogP contribution < -0.4 is 0 Å². The molecule has 0 aliphatic carbocycles. The van der Waals surface area contributed by atoms with Crippen LogP contribution >= 0.6 is 0 Å². The Morgan fingerprint density at radius 3 is 0.643 bits per heavy atom. The predicted molar refractivity (Wildman–Crippen MR) is 293 cm³/mol. The molecule has 0 atom stereocenters. The van der Waals surface area contributed by atoms with Gasteiger partial charge in [-0.2, -0.15) is 25.3 Å². The third-order valence-corrected chi connectivity index (χ3v) is 15.0. The summed E-state index contributed by atoms with van der Waals surface area (Å²) in [6.07, 6.45) is 39.8. The van der Waals surface area contributed by atoms with E-state index >= 15 is 0 Å². The zero-order valence-electron chi connectivity index (χ0n) is 44.3. The molecule has 70 heavy (non-hydrogen) atoms. The van der Waals surface area contributed by atoms with Gasteiger partial charge >= 0.3 is 0 Å². The normalized spacial score (nSPS) is 11.6. The smallest absolute Gasteiger partial charge is 0.294 e. The first-order chi connectivity index (χ1) is 33.4. The van der Waals surface area contributed by atoms with Gasteiger partial charge in [-0.3, -0.25) is 13.7 Å². The molecule has 0 saturated heterocycles. The fraction of sp³-hybridized carbons (Fsp3) is 0.684. The third kappa shape index (κ3) is 38.0. The van der Waals surface area contributed by atoms with E-state index in [-0.39, 0.29) is 20.8 Å². The maximum Gasteiger partial charge on any atom is 0.294 e. The number of unbranched alkanes of at least 4 members (excludes halogenated alkanes) is 27. The molecule has 0 spiro atoms. The Morgan fingerprint density at radius 2 is 0.471 bits per heavy atom. The molecule has 404 valence electrons. The molecule has 0 fully saturated rings. The van der Waals surface area contributed by atoms with Gasteiger partial charge in [0.15, 0.2) is 0 Å². The molecular formula is C57H98O10S3. The molecule has 3 aromatic carbocycles. The first-order valence-corrected chi connectivity index (χ1v) is 31.6. The zero-order valence-corrected chi connectivity index (χ0v) is 46.8. The Labute approximate surface area is 428 Å². The molecule has 0 aliphatic heterocycles. The lowest BCUT2D eigenvalue weighted by Crippen LogP contribution is -2.03. The van der Waals surface area contributed by atoms with Crippen molar-refractivity contribution in [2.45, 2.75) is 267 Å². The molecule has 0 aliphatic rings. The minimum absolute atomic E-state index is 0.0610. The summed E-state index contributed by atoms with van der Waals surface area (Å²) in [4.78, 5) is 0.183. The Bertz CT molecular complexity index is 1800. The minimum Gasteiger partial charge on any atom is -0.394 e. The summed E-state index contributed by atoms with van der Waals surface area (Å²) in [5.74, 6) is 0. The Kier molecular flexibility index (Phi) is 41.2. The van der Waals surface area contributed by atoms with Gasteiger partial charge in [0.25, 0.3) is 30.4 Å². The molecule has 0 aromatic heterocycles. The fourth-order valence-corrected chi connectivity index (χ4v) is 10.6. The van der Waals surface area contributed by atoms with Gasteiger partial charge in [0, 0.05) is 6.10 Å². The topological polar surface area (TPSA) is 183 Å². The quantitative estimate of drug-likeness (QED) is 0.0323. The first-order valence-electron chi connectivity index (χ1n) is 27.2. The van der Waals surface area contributed by atoms with Gasteiger partial charge in [0.1, 0.15) is 0 Å². The number of benzene rings is 3. The second-order valence-corrected chi connectivity index (χ2v) is 23.3. The molecule has 0 amide bonds. The van der Waals surface area contributed by atoms with Crippen LogP contribution in [0.4, 0.5) is 0 Å². The summed E-state index contributed by atoms with van der Waals surface area (Å²) in [6, 6.07) is 20.2. The second-order valence-electron chi connectivity index (χ2n) is 19.1. The van der Waals surface area contributed by atoms with Crippen LogP contribution in [-0.4, -0.2) is 50.1 Å². The number of aliphatic hydroxyl groups is 1. The van der Waals surface area contributed by atoms with Crippen molar-refractivity contribution in [1.29, 1.82) is 0 Å². The van der Waals surface area contributed by atoms with Crippen LogP contribution in [0, 0.1) is 0 Å². The summed E-state index contributed by atoms with van der Waals surface area (Å²) in [6.45, 7) is 10.2. The highest BCUT2D eigenvalue weighted by Crippen LogP contribution is 2.22. The van der Waals surface area contributed by atoms with E-state index in [1.165, 1.54) is 172 Å². The summed E-state index contributed by atoms with van der Waals surface area (Å²) in [7, 11) is -12.3. The molecule has 0 saturated carbocycles. The Balaban J connectivity index is 0.000000980. The van der Waals surface area contributed by atoms with Gasteiger partial charge in [-0.15, -0.1) is 0 Å². The van der Waals surface area contributed by atoms with E-state index in [2.05, 4.69) is 20.8 Å². The highest BCUT2D eigenvalue weighted by Gasteiger charge is 2.16. The van der Waals surface area contributed by atoms with Gasteiger partial charge in [0.05, 0.1) is 14.7 Å². The van der Waals surface area contributed by atoms with E-state index < -0.39 is 30.4 Å². The number of aliphatic hydroxyl groups excluding tert-OH is 1. The highest BCUT2D eigenvalue weighted by molar-refractivity contribution is 7.86. The molecule has 3 rings (SSSR count). The molecule has 13 heteroatoms. The third-order valence-electron chi connectivity index (χ3n) is 12.2. The number of aryl methyl sites for hydroxylation is 3. The van der Waals surface area contributed by atoms with Crippen LogP contribution in [0.1, 0.15) is 244 Å². The lowest BCUT2D eigenvalue weighted by molar-refractivity contribution is 0.216. The van der Waals surface area contributed by atoms with E-state index in [4.69, 9.17) is 5.11 Å². The van der Waals surface area contributed by atoms with Crippen molar-refractivity contribution < 1.29 is 44.0 Å². The summed E-state index contributed by atoms with van der Waals surface area (Å²) in [5, 5.41) is 8.06. The molecule has 3 aromatic rings. The lowest BCUT2D eigenvalue weighted by Gasteiger charge is -2.07. The van der Waals surface area contributed by atoms with Gasteiger partial charge in [-0.05, 0) is 87.3 Å². The van der Waals surface area contributed by atoms with Crippen molar-refractivity contribution in [2.24, 2.45) is 0 Å². The van der Waals surface area contributed by atoms with Crippen molar-refractivity contribution in [3.63, 3.8) is 0 Å². The van der Waals surface area contributed by atoms with Crippen molar-refractivity contribution >= 4 is 30.4 Å². The monoisotopic (exact) mass is 1040 g/mol. The predicted octanol–water partition coefficient (Wildman–Crippen LogP) is 16.6. The molecule has 10 nitrogen and oxygen atoms in total. The molecule has 0 unspecified atom stereocenters. The van der Waals surface area contributed by atoms with Gasteiger partial charge < -0.3 is 5.11 Å². The SMILES string of the molecule is CC(C)O.CCCCCCCCCCCCc1ccccc1S(=O)(=O)O.CCCCCCCCCCCCc1ccccc1S(=O)(=O)O.CCCCCCCCCCCCc1ccccc1S(=O)(=O)O. The second kappa shape index (κ2) is 42.8. The minimum atomic E-state index is -4.10. The van der Waals surface area contributed by atoms with Crippen LogP contribution in [0.5, 0.6) is 0 Å². The van der Waals surface area contributed by atoms with Gasteiger partial charge in [-0.25, -0.2) is 0 Å². The number of rotatable bonds is 36. The van der Waals surface area contributed by atoms with Crippen molar-refractivity contribution in [2.75, 3.05) is 0 Å². The highest BCUT2D eigenvalue weighted by atomic mass is 32.2. The van der Waals surface area contributed by atoms with Crippen LogP contribution in [-0.2, 0) is 49.6 Å². The number of hydrogen-bond acceptors (Lipinski definition) is 7. The lowest BCUT2D eigenvalue weighted by atomic mass is 10.0. The zero-order chi connectivity index (χ0) is 52.4. The largest absolute Gasteiger partial charge is 0.394 e. The first kappa shape index (κ1) is 67.3. The van der Waals surface area contributed by atoms with Crippen molar-refractivity contribution in [3.05, 3.63) is 89.5 Å². The summed E-state index contributed by atoms with van der Waals surface area (Å²) >= 11 is 0. The average Bonchev–Trinajstić information content (AvgIpc) is 3.30. The maximum absolute atomic E-state index is 11.3. The maximum atomic E-state index is 11.3. The Morgan fingerprint density at radius 1 is 0.314 bits per heavy atom. The van der Waals surface area contributed by atoms with E-state index in [0.29, 0.717) is 19.3 Å². The van der Waals surface area contributed by atoms with Crippen molar-refractivity contribution in [1.82, 2.24) is 0 Å². The molecular weight excluding hydrogens is 941 g/mol. The van der Waals surface area contributed by atoms with E-state index in [1.807, 2.05) is 18.2 Å². The standard InChI is InChI=1S/3C18H30O3S.C3H8O/c3*1-2-3-4-5-6-7-8-9-10-11-14-17-15-12-13-16-18(17)22(19,20)21;1-3(2)4/h3*12-13,15-16H,2-11,14H2,1H3,(H,19,20,21);3-4H,1-2H3. The van der Waals surface area contributed by atoms with E-state index in [9.17, 15) is 38.9 Å². The van der Waals surface area contributed by atoms with Crippen LogP contribution in [0.15, 0.2) is 87.5 Å². The van der Waals surface area contributed by atoms with Crippen LogP contribution in [0.2, 0.25) is 0 Å². The Hall–Kier alpha value is -2.65.